The first-order valence-corrected chi connectivity index (χ1v) is 3.45. The zero-order valence-corrected chi connectivity index (χ0v) is 6.29. The molecule has 1 aliphatic rings. The number of rotatable bonds is 1. The summed E-state index contributed by atoms with van der Waals surface area (Å²) >= 11 is 0. The van der Waals surface area contributed by atoms with Gasteiger partial charge in [0.2, 0.25) is 0 Å². The van der Waals surface area contributed by atoms with Crippen molar-refractivity contribution in [2.45, 2.75) is 32.2 Å². The third-order valence-corrected chi connectivity index (χ3v) is 1.70. The fourth-order valence-electron chi connectivity index (χ4n) is 1.01. The van der Waals surface area contributed by atoms with Crippen LogP contribution in [0.5, 0.6) is 0 Å². The van der Waals surface area contributed by atoms with Crippen LogP contribution < -0.4 is 0 Å². The summed E-state index contributed by atoms with van der Waals surface area (Å²) in [4.78, 5) is 10.9. The monoisotopic (exact) mass is 144 g/mol. The van der Waals surface area contributed by atoms with Gasteiger partial charge in [-0.2, -0.15) is 0 Å². The molecule has 1 saturated heterocycles. The third kappa shape index (κ3) is 1.55. The van der Waals surface area contributed by atoms with Gasteiger partial charge in [0.25, 0.3) is 0 Å². The second-order valence-corrected chi connectivity index (χ2v) is 2.45. The zero-order valence-electron chi connectivity index (χ0n) is 6.29. The van der Waals surface area contributed by atoms with Gasteiger partial charge in [-0.15, -0.1) is 0 Å². The molecule has 1 unspecified atom stereocenters. The van der Waals surface area contributed by atoms with Crippen LogP contribution in [0.4, 0.5) is 0 Å². The molecular weight excluding hydrogens is 132 g/mol. The van der Waals surface area contributed by atoms with Gasteiger partial charge in [0.05, 0.1) is 0 Å². The smallest absolute Gasteiger partial charge is 0.161 e. The van der Waals surface area contributed by atoms with Crippen LogP contribution in [-0.2, 0) is 14.3 Å². The fraction of sp³-hybridized carbons (Fsp3) is 0.857. The van der Waals surface area contributed by atoms with Crippen molar-refractivity contribution in [1.82, 2.24) is 0 Å². The summed E-state index contributed by atoms with van der Waals surface area (Å²) in [5.41, 5.74) is 0. The number of carbonyl (C=O) groups is 1. The summed E-state index contributed by atoms with van der Waals surface area (Å²) in [7, 11) is 1.59. The minimum Gasteiger partial charge on any atom is -0.356 e. The van der Waals surface area contributed by atoms with Crippen LogP contribution >= 0.6 is 0 Å². The highest BCUT2D eigenvalue weighted by molar-refractivity contribution is 5.83. The SMILES string of the molecule is COC1CCC(=O)[C@@H](C)O1. The van der Waals surface area contributed by atoms with Gasteiger partial charge in [-0.1, -0.05) is 0 Å². The van der Waals surface area contributed by atoms with E-state index >= 15 is 0 Å². The molecule has 0 aromatic heterocycles. The Morgan fingerprint density at radius 2 is 2.40 bits per heavy atom. The molecule has 0 N–H and O–H groups in total. The molecule has 3 nitrogen and oxygen atoms in total. The summed E-state index contributed by atoms with van der Waals surface area (Å²) in [6, 6.07) is 0. The Morgan fingerprint density at radius 1 is 1.70 bits per heavy atom. The van der Waals surface area contributed by atoms with E-state index in [-0.39, 0.29) is 18.2 Å². The molecule has 0 amide bonds. The average Bonchev–Trinajstić information content (AvgIpc) is 1.95. The number of ether oxygens (including phenoxy) is 2. The van der Waals surface area contributed by atoms with E-state index in [0.29, 0.717) is 12.8 Å². The van der Waals surface area contributed by atoms with Gasteiger partial charge >= 0.3 is 0 Å². The summed E-state index contributed by atoms with van der Waals surface area (Å²) in [5.74, 6) is 0.174. The van der Waals surface area contributed by atoms with E-state index in [1.54, 1.807) is 14.0 Å². The van der Waals surface area contributed by atoms with E-state index in [1.165, 1.54) is 0 Å². The van der Waals surface area contributed by atoms with E-state index in [0.717, 1.165) is 0 Å². The maximum absolute atomic E-state index is 10.9. The average molecular weight is 144 g/mol. The van der Waals surface area contributed by atoms with Crippen molar-refractivity contribution in [3.8, 4) is 0 Å². The Morgan fingerprint density at radius 3 is 2.90 bits per heavy atom. The summed E-state index contributed by atoms with van der Waals surface area (Å²) in [6.07, 6.45) is 0.825. The second-order valence-electron chi connectivity index (χ2n) is 2.45. The van der Waals surface area contributed by atoms with Crippen molar-refractivity contribution in [2.75, 3.05) is 7.11 Å². The predicted octanol–water partition coefficient (Wildman–Crippen LogP) is 0.727. The molecule has 58 valence electrons. The summed E-state index contributed by atoms with van der Waals surface area (Å²) < 4.78 is 10.1. The molecule has 3 heteroatoms. The molecule has 1 aliphatic heterocycles. The number of Topliss-reactive ketones (excluding diaryl/α,β-unsaturated/α-hetero) is 1. The van der Waals surface area contributed by atoms with Gasteiger partial charge in [0.15, 0.2) is 12.1 Å². The second kappa shape index (κ2) is 3.12. The maximum Gasteiger partial charge on any atom is 0.161 e. The Balaban J connectivity index is 2.40. The molecule has 0 aromatic rings. The lowest BCUT2D eigenvalue weighted by Gasteiger charge is -2.25. The van der Waals surface area contributed by atoms with Crippen LogP contribution in [0.3, 0.4) is 0 Å². The van der Waals surface area contributed by atoms with Gasteiger partial charge in [-0.25, -0.2) is 0 Å². The van der Waals surface area contributed by atoms with Gasteiger partial charge in [-0.05, 0) is 6.92 Å². The molecule has 0 spiro atoms. The molecule has 0 radical (unpaired) electrons. The van der Waals surface area contributed by atoms with Crippen LogP contribution in [0.1, 0.15) is 19.8 Å². The number of carbonyl (C=O) groups excluding carboxylic acids is 1. The highest BCUT2D eigenvalue weighted by atomic mass is 16.7. The lowest BCUT2D eigenvalue weighted by atomic mass is 10.1. The van der Waals surface area contributed by atoms with E-state index in [9.17, 15) is 4.79 Å². The minimum absolute atomic E-state index is 0.173. The van der Waals surface area contributed by atoms with Crippen LogP contribution in [-0.4, -0.2) is 25.3 Å². The summed E-state index contributed by atoms with van der Waals surface area (Å²) in [6.45, 7) is 1.76. The van der Waals surface area contributed by atoms with Gasteiger partial charge < -0.3 is 9.47 Å². The number of ketones is 1. The molecule has 1 fully saturated rings. The molecular formula is C7H12O3. The van der Waals surface area contributed by atoms with Crippen molar-refractivity contribution in [3.05, 3.63) is 0 Å². The Bertz CT molecular complexity index is 133. The lowest BCUT2D eigenvalue weighted by Crippen LogP contribution is -2.34. The molecule has 10 heavy (non-hydrogen) atoms. The number of hydrogen-bond donors (Lipinski definition) is 0. The maximum atomic E-state index is 10.9. The van der Waals surface area contributed by atoms with E-state index in [2.05, 4.69) is 0 Å². The zero-order chi connectivity index (χ0) is 7.56. The first-order valence-electron chi connectivity index (χ1n) is 3.45. The van der Waals surface area contributed by atoms with Gasteiger partial charge in [-0.3, -0.25) is 4.79 Å². The van der Waals surface area contributed by atoms with Crippen molar-refractivity contribution in [3.63, 3.8) is 0 Å². The number of hydrogen-bond acceptors (Lipinski definition) is 3. The molecule has 2 atom stereocenters. The summed E-state index contributed by atoms with van der Waals surface area (Å²) in [5, 5.41) is 0. The molecule has 1 heterocycles. The van der Waals surface area contributed by atoms with Crippen LogP contribution in [0.2, 0.25) is 0 Å². The van der Waals surface area contributed by atoms with Crippen LogP contribution in [0, 0.1) is 0 Å². The molecule has 0 aromatic carbocycles. The van der Waals surface area contributed by atoms with E-state index < -0.39 is 0 Å². The first kappa shape index (κ1) is 7.69. The normalized spacial score (nSPS) is 34.4. The standard InChI is InChI=1S/C7H12O3/c1-5-6(8)3-4-7(9-2)10-5/h5,7H,3-4H2,1-2H3/t5-,7?/m1/s1. The van der Waals surface area contributed by atoms with Crippen molar-refractivity contribution >= 4 is 5.78 Å². The fourth-order valence-corrected chi connectivity index (χ4v) is 1.01. The quantitative estimate of drug-likeness (QED) is 0.544. The van der Waals surface area contributed by atoms with Crippen LogP contribution in [0.25, 0.3) is 0 Å². The van der Waals surface area contributed by atoms with Crippen LogP contribution in [0.15, 0.2) is 0 Å². The highest BCUT2D eigenvalue weighted by Crippen LogP contribution is 2.15. The Kier molecular flexibility index (Phi) is 2.40. The van der Waals surface area contributed by atoms with Gasteiger partial charge in [0.1, 0.15) is 6.10 Å². The Hall–Kier alpha value is -0.410. The Labute approximate surface area is 60.3 Å². The first-order chi connectivity index (χ1) is 4.74. The molecule has 1 rings (SSSR count). The topological polar surface area (TPSA) is 35.5 Å². The van der Waals surface area contributed by atoms with Crippen molar-refractivity contribution < 1.29 is 14.3 Å². The molecule has 0 bridgehead atoms. The molecule has 0 saturated carbocycles. The van der Waals surface area contributed by atoms with Gasteiger partial charge in [0, 0.05) is 20.0 Å². The molecule has 0 aliphatic carbocycles. The predicted molar refractivity (Wildman–Crippen MR) is 35.6 cm³/mol. The third-order valence-electron chi connectivity index (χ3n) is 1.70. The largest absolute Gasteiger partial charge is 0.356 e. The van der Waals surface area contributed by atoms with Crippen molar-refractivity contribution in [2.24, 2.45) is 0 Å². The van der Waals surface area contributed by atoms with Crippen molar-refractivity contribution in [1.29, 1.82) is 0 Å². The van der Waals surface area contributed by atoms with E-state index in [4.69, 9.17) is 9.47 Å². The highest BCUT2D eigenvalue weighted by Gasteiger charge is 2.25. The lowest BCUT2D eigenvalue weighted by molar-refractivity contribution is -0.182. The number of methoxy groups -OCH3 is 1. The minimum atomic E-state index is -0.279. The van der Waals surface area contributed by atoms with E-state index in [1.807, 2.05) is 0 Å².